The van der Waals surface area contributed by atoms with E-state index < -0.39 is 0 Å². The van der Waals surface area contributed by atoms with Crippen LogP contribution in [0.2, 0.25) is 0 Å². The highest BCUT2D eigenvalue weighted by molar-refractivity contribution is 7.99. The number of hydrogen-bond acceptors (Lipinski definition) is 3. The van der Waals surface area contributed by atoms with Crippen molar-refractivity contribution in [3.63, 3.8) is 0 Å². The standard InChI is InChI=1S/C12H26N2S/c1-5-12(2,9-13-3)10-14(4)11-6-7-15-8-11/h11,13H,5-10H2,1-4H3. The van der Waals surface area contributed by atoms with Crippen LogP contribution in [-0.2, 0) is 0 Å². The summed E-state index contributed by atoms with van der Waals surface area (Å²) in [6.07, 6.45) is 2.62. The molecule has 0 saturated carbocycles. The highest BCUT2D eigenvalue weighted by Crippen LogP contribution is 2.26. The lowest BCUT2D eigenvalue weighted by atomic mass is 9.86. The van der Waals surface area contributed by atoms with Crippen LogP contribution < -0.4 is 5.32 Å². The Hall–Kier alpha value is 0.270. The first-order valence-electron chi connectivity index (χ1n) is 6.04. The van der Waals surface area contributed by atoms with Crippen LogP contribution in [0.4, 0.5) is 0 Å². The largest absolute Gasteiger partial charge is 0.319 e. The molecular formula is C12H26N2S. The van der Waals surface area contributed by atoms with Crippen LogP contribution in [0.15, 0.2) is 0 Å². The van der Waals surface area contributed by atoms with Crippen LogP contribution in [0.3, 0.4) is 0 Å². The fourth-order valence-electron chi connectivity index (χ4n) is 2.32. The van der Waals surface area contributed by atoms with Crippen molar-refractivity contribution in [2.24, 2.45) is 5.41 Å². The van der Waals surface area contributed by atoms with E-state index in [1.165, 1.54) is 30.9 Å². The second kappa shape index (κ2) is 6.12. The number of nitrogens with one attached hydrogen (secondary N) is 1. The van der Waals surface area contributed by atoms with Gasteiger partial charge in [0, 0.05) is 24.9 Å². The van der Waals surface area contributed by atoms with Crippen molar-refractivity contribution in [1.82, 2.24) is 10.2 Å². The molecule has 3 heteroatoms. The van der Waals surface area contributed by atoms with Crippen LogP contribution in [0, 0.1) is 5.41 Å². The first kappa shape index (κ1) is 13.3. The fraction of sp³-hybridized carbons (Fsp3) is 1.00. The molecule has 0 aliphatic carbocycles. The summed E-state index contributed by atoms with van der Waals surface area (Å²) in [6, 6.07) is 0.817. The van der Waals surface area contributed by atoms with Crippen LogP contribution in [0.5, 0.6) is 0 Å². The third-order valence-electron chi connectivity index (χ3n) is 3.62. The van der Waals surface area contributed by atoms with E-state index in [0.717, 1.165) is 12.6 Å². The summed E-state index contributed by atoms with van der Waals surface area (Å²) < 4.78 is 0. The quantitative estimate of drug-likeness (QED) is 0.752. The van der Waals surface area contributed by atoms with Crippen molar-refractivity contribution >= 4 is 11.8 Å². The number of rotatable bonds is 6. The smallest absolute Gasteiger partial charge is 0.0191 e. The van der Waals surface area contributed by atoms with Crippen molar-refractivity contribution < 1.29 is 0 Å². The molecule has 15 heavy (non-hydrogen) atoms. The van der Waals surface area contributed by atoms with Gasteiger partial charge in [0.25, 0.3) is 0 Å². The number of hydrogen-bond donors (Lipinski definition) is 1. The predicted octanol–water partition coefficient (Wildman–Crippen LogP) is 2.06. The molecule has 1 saturated heterocycles. The minimum absolute atomic E-state index is 0.427. The minimum Gasteiger partial charge on any atom is -0.319 e. The highest BCUT2D eigenvalue weighted by Gasteiger charge is 2.27. The Labute approximate surface area is 99.2 Å². The molecule has 1 aliphatic rings. The molecule has 0 aromatic heterocycles. The van der Waals surface area contributed by atoms with Crippen molar-refractivity contribution in [1.29, 1.82) is 0 Å². The molecule has 0 aromatic rings. The van der Waals surface area contributed by atoms with Gasteiger partial charge in [-0.1, -0.05) is 13.8 Å². The average molecular weight is 230 g/mol. The van der Waals surface area contributed by atoms with E-state index in [1.54, 1.807) is 0 Å². The lowest BCUT2D eigenvalue weighted by molar-refractivity contribution is 0.152. The van der Waals surface area contributed by atoms with Gasteiger partial charge in [0.15, 0.2) is 0 Å². The summed E-state index contributed by atoms with van der Waals surface area (Å²) in [7, 11) is 4.35. The van der Waals surface area contributed by atoms with E-state index in [4.69, 9.17) is 0 Å². The Morgan fingerprint density at radius 3 is 2.73 bits per heavy atom. The van der Waals surface area contributed by atoms with E-state index in [-0.39, 0.29) is 0 Å². The molecule has 0 aromatic carbocycles. The lowest BCUT2D eigenvalue weighted by Gasteiger charge is -2.35. The van der Waals surface area contributed by atoms with E-state index in [9.17, 15) is 0 Å². The molecule has 1 N–H and O–H groups in total. The van der Waals surface area contributed by atoms with Gasteiger partial charge in [-0.3, -0.25) is 0 Å². The zero-order chi connectivity index (χ0) is 11.3. The fourth-order valence-corrected chi connectivity index (χ4v) is 3.62. The van der Waals surface area contributed by atoms with Crippen LogP contribution in [0.1, 0.15) is 26.7 Å². The molecular weight excluding hydrogens is 204 g/mol. The van der Waals surface area contributed by atoms with Gasteiger partial charge < -0.3 is 10.2 Å². The predicted molar refractivity (Wildman–Crippen MR) is 70.7 cm³/mol. The van der Waals surface area contributed by atoms with E-state index in [2.05, 4.69) is 49.9 Å². The van der Waals surface area contributed by atoms with Gasteiger partial charge in [-0.25, -0.2) is 0 Å². The van der Waals surface area contributed by atoms with Crippen LogP contribution >= 0.6 is 11.8 Å². The third-order valence-corrected chi connectivity index (χ3v) is 4.76. The molecule has 1 rings (SSSR count). The Morgan fingerprint density at radius 2 is 2.27 bits per heavy atom. The van der Waals surface area contributed by atoms with E-state index in [0.29, 0.717) is 5.41 Å². The van der Waals surface area contributed by atoms with Gasteiger partial charge in [-0.15, -0.1) is 0 Å². The molecule has 1 heterocycles. The zero-order valence-electron chi connectivity index (χ0n) is 10.7. The second-order valence-electron chi connectivity index (χ2n) is 5.13. The molecule has 2 nitrogen and oxygen atoms in total. The minimum atomic E-state index is 0.427. The molecule has 2 unspecified atom stereocenters. The molecule has 0 spiro atoms. The summed E-state index contributed by atoms with van der Waals surface area (Å²) in [5.41, 5.74) is 0.427. The Kier molecular flexibility index (Phi) is 5.44. The van der Waals surface area contributed by atoms with E-state index in [1.807, 2.05) is 0 Å². The summed E-state index contributed by atoms with van der Waals surface area (Å²) in [6.45, 7) is 7.03. The number of thioether (sulfide) groups is 1. The molecule has 0 amide bonds. The van der Waals surface area contributed by atoms with Gasteiger partial charge in [-0.2, -0.15) is 11.8 Å². The first-order chi connectivity index (χ1) is 7.11. The monoisotopic (exact) mass is 230 g/mol. The maximum Gasteiger partial charge on any atom is 0.0191 e. The number of nitrogens with zero attached hydrogens (tertiary/aromatic N) is 1. The first-order valence-corrected chi connectivity index (χ1v) is 7.19. The third kappa shape index (κ3) is 3.97. The summed E-state index contributed by atoms with van der Waals surface area (Å²) in [4.78, 5) is 2.57. The Bertz CT molecular complexity index is 180. The van der Waals surface area contributed by atoms with Crippen molar-refractivity contribution in [3.8, 4) is 0 Å². The Balaban J connectivity index is 2.42. The molecule has 0 radical (unpaired) electrons. The molecule has 1 aliphatic heterocycles. The topological polar surface area (TPSA) is 15.3 Å². The highest BCUT2D eigenvalue weighted by atomic mass is 32.2. The summed E-state index contributed by atoms with van der Waals surface area (Å²) >= 11 is 2.10. The van der Waals surface area contributed by atoms with Crippen molar-refractivity contribution in [3.05, 3.63) is 0 Å². The summed E-state index contributed by atoms with van der Waals surface area (Å²) in [5, 5.41) is 3.32. The van der Waals surface area contributed by atoms with Crippen molar-refractivity contribution in [2.45, 2.75) is 32.7 Å². The van der Waals surface area contributed by atoms with Gasteiger partial charge in [0.2, 0.25) is 0 Å². The molecule has 2 atom stereocenters. The van der Waals surface area contributed by atoms with Gasteiger partial charge in [0.1, 0.15) is 0 Å². The lowest BCUT2D eigenvalue weighted by Crippen LogP contribution is -2.43. The zero-order valence-corrected chi connectivity index (χ0v) is 11.5. The average Bonchev–Trinajstić information content (AvgIpc) is 2.71. The summed E-state index contributed by atoms with van der Waals surface area (Å²) in [5.74, 6) is 2.68. The van der Waals surface area contributed by atoms with Gasteiger partial charge in [-0.05, 0) is 38.1 Å². The van der Waals surface area contributed by atoms with Crippen molar-refractivity contribution in [2.75, 3.05) is 38.7 Å². The molecule has 90 valence electrons. The van der Waals surface area contributed by atoms with Crippen LogP contribution in [0.25, 0.3) is 0 Å². The molecule has 0 bridgehead atoms. The van der Waals surface area contributed by atoms with E-state index >= 15 is 0 Å². The molecule has 1 fully saturated rings. The van der Waals surface area contributed by atoms with Gasteiger partial charge >= 0.3 is 0 Å². The van der Waals surface area contributed by atoms with Crippen LogP contribution in [-0.4, -0.2) is 49.6 Å². The Morgan fingerprint density at radius 1 is 1.53 bits per heavy atom. The SMILES string of the molecule is CCC(C)(CNC)CN(C)C1CCSC1. The van der Waals surface area contributed by atoms with Gasteiger partial charge in [0.05, 0.1) is 0 Å². The maximum absolute atomic E-state index is 3.32. The second-order valence-corrected chi connectivity index (χ2v) is 6.28. The maximum atomic E-state index is 3.32. The normalized spacial score (nSPS) is 25.8.